The van der Waals surface area contributed by atoms with Crippen LogP contribution in [0, 0.1) is 10.1 Å². The standard InChI is InChI=1S/C21H13BrF3N5O4/c1-34-14-8-12(7-13(9-14)30(32)33)26-20(31)18-17(22)19-27-15(11-5-3-2-4-6-11)10-16(21(23,24)25)29(19)28-18/h2-10H,1H3,(H,26,31). The van der Waals surface area contributed by atoms with Crippen LogP contribution in [0.2, 0.25) is 0 Å². The number of rotatable bonds is 5. The second-order valence-corrected chi connectivity index (χ2v) is 7.71. The number of benzene rings is 2. The quantitative estimate of drug-likeness (QED) is 0.272. The fraction of sp³-hybridized carbons (Fsp3) is 0.0952. The zero-order valence-corrected chi connectivity index (χ0v) is 18.7. The predicted octanol–water partition coefficient (Wildman–Crippen LogP) is 5.35. The Hall–Kier alpha value is -4.00. The Labute approximate surface area is 197 Å². The van der Waals surface area contributed by atoms with Crippen LogP contribution in [0.15, 0.2) is 59.1 Å². The Bertz CT molecular complexity index is 1420. The first-order valence-electron chi connectivity index (χ1n) is 9.45. The molecule has 2 heterocycles. The second-order valence-electron chi connectivity index (χ2n) is 6.92. The van der Waals surface area contributed by atoms with E-state index in [-0.39, 0.29) is 32.9 Å². The molecular weight excluding hydrogens is 523 g/mol. The normalized spacial score (nSPS) is 11.4. The molecule has 13 heteroatoms. The highest BCUT2D eigenvalue weighted by molar-refractivity contribution is 9.10. The number of alkyl halides is 3. The second kappa shape index (κ2) is 8.74. The van der Waals surface area contributed by atoms with Crippen LogP contribution in [-0.4, -0.2) is 32.5 Å². The monoisotopic (exact) mass is 535 g/mol. The highest BCUT2D eigenvalue weighted by atomic mass is 79.9. The number of non-ortho nitro benzene ring substituents is 1. The Morgan fingerprint density at radius 3 is 2.50 bits per heavy atom. The number of hydrogen-bond acceptors (Lipinski definition) is 6. The van der Waals surface area contributed by atoms with Crippen LogP contribution < -0.4 is 10.1 Å². The van der Waals surface area contributed by atoms with Gasteiger partial charge in [-0.1, -0.05) is 30.3 Å². The Morgan fingerprint density at radius 1 is 1.18 bits per heavy atom. The molecule has 0 unspecified atom stereocenters. The first kappa shape index (κ1) is 23.2. The molecule has 2 aromatic carbocycles. The van der Waals surface area contributed by atoms with Crippen LogP contribution in [0.4, 0.5) is 24.5 Å². The number of carbonyl (C=O) groups is 1. The molecule has 0 aliphatic rings. The molecular formula is C21H13BrF3N5O4. The highest BCUT2D eigenvalue weighted by Gasteiger charge is 2.36. The Kier molecular flexibility index (Phi) is 5.96. The number of anilines is 1. The van der Waals surface area contributed by atoms with E-state index in [2.05, 4.69) is 31.3 Å². The summed E-state index contributed by atoms with van der Waals surface area (Å²) in [4.78, 5) is 27.6. The van der Waals surface area contributed by atoms with Crippen molar-refractivity contribution < 1.29 is 27.6 Å². The van der Waals surface area contributed by atoms with E-state index in [1.807, 2.05) is 0 Å². The van der Waals surface area contributed by atoms with Crippen LogP contribution in [0.5, 0.6) is 5.75 Å². The van der Waals surface area contributed by atoms with Crippen molar-refractivity contribution in [1.82, 2.24) is 14.6 Å². The van der Waals surface area contributed by atoms with Gasteiger partial charge < -0.3 is 10.1 Å². The van der Waals surface area contributed by atoms with E-state index in [9.17, 15) is 28.1 Å². The van der Waals surface area contributed by atoms with E-state index in [1.54, 1.807) is 30.3 Å². The number of aromatic nitrogens is 3. The van der Waals surface area contributed by atoms with E-state index in [0.717, 1.165) is 18.2 Å². The number of nitrogens with zero attached hydrogens (tertiary/aromatic N) is 4. The molecule has 2 aromatic heterocycles. The number of halogens is 4. The first-order chi connectivity index (χ1) is 16.1. The summed E-state index contributed by atoms with van der Waals surface area (Å²) in [5.74, 6) is -0.804. The third-order valence-electron chi connectivity index (χ3n) is 4.70. The molecule has 4 rings (SSSR count). The van der Waals surface area contributed by atoms with Crippen LogP contribution >= 0.6 is 15.9 Å². The fourth-order valence-electron chi connectivity index (χ4n) is 3.16. The maximum absolute atomic E-state index is 13.8. The summed E-state index contributed by atoms with van der Waals surface area (Å²) >= 11 is 3.13. The van der Waals surface area contributed by atoms with Crippen LogP contribution in [0.3, 0.4) is 0 Å². The van der Waals surface area contributed by atoms with E-state index in [4.69, 9.17) is 4.74 Å². The third kappa shape index (κ3) is 4.41. The molecule has 1 amide bonds. The van der Waals surface area contributed by atoms with Gasteiger partial charge in [-0.05, 0) is 22.0 Å². The van der Waals surface area contributed by atoms with Crippen LogP contribution in [-0.2, 0) is 6.18 Å². The number of fused-ring (bicyclic) bond motifs is 1. The van der Waals surface area contributed by atoms with Crippen LogP contribution in [0.25, 0.3) is 16.9 Å². The molecule has 9 nitrogen and oxygen atoms in total. The molecule has 0 spiro atoms. The predicted molar refractivity (Wildman–Crippen MR) is 119 cm³/mol. The lowest BCUT2D eigenvalue weighted by Gasteiger charge is -2.11. The summed E-state index contributed by atoms with van der Waals surface area (Å²) in [7, 11) is 1.29. The Balaban J connectivity index is 1.81. The number of ether oxygens (including phenoxy) is 1. The Morgan fingerprint density at radius 2 is 1.88 bits per heavy atom. The molecule has 0 atom stereocenters. The number of methoxy groups -OCH3 is 1. The number of nitro benzene ring substituents is 1. The van der Waals surface area contributed by atoms with E-state index in [0.29, 0.717) is 10.1 Å². The molecule has 34 heavy (non-hydrogen) atoms. The van der Waals surface area contributed by atoms with Crippen molar-refractivity contribution in [2.24, 2.45) is 0 Å². The number of amides is 1. The molecule has 0 bridgehead atoms. The smallest absolute Gasteiger partial charge is 0.433 e. The summed E-state index contributed by atoms with van der Waals surface area (Å²) in [5, 5.41) is 17.3. The van der Waals surface area contributed by atoms with Gasteiger partial charge in [0, 0.05) is 17.7 Å². The van der Waals surface area contributed by atoms with E-state index < -0.39 is 28.4 Å². The van der Waals surface area contributed by atoms with E-state index in [1.165, 1.54) is 13.2 Å². The molecule has 1 N–H and O–H groups in total. The van der Waals surface area contributed by atoms with Crippen molar-refractivity contribution in [1.29, 1.82) is 0 Å². The van der Waals surface area contributed by atoms with Crippen molar-refractivity contribution in [2.75, 3.05) is 12.4 Å². The van der Waals surface area contributed by atoms with Gasteiger partial charge in [-0.15, -0.1) is 0 Å². The summed E-state index contributed by atoms with van der Waals surface area (Å²) in [5.41, 5.74) is -1.63. The minimum absolute atomic E-state index is 0.00557. The number of hydrogen-bond donors (Lipinski definition) is 1. The number of carbonyl (C=O) groups excluding carboxylic acids is 1. The molecule has 0 aliphatic carbocycles. The highest BCUT2D eigenvalue weighted by Crippen LogP contribution is 2.35. The van der Waals surface area contributed by atoms with Gasteiger partial charge in [0.2, 0.25) is 0 Å². The molecule has 0 fully saturated rings. The van der Waals surface area contributed by atoms with Gasteiger partial charge in [-0.3, -0.25) is 14.9 Å². The van der Waals surface area contributed by atoms with Crippen LogP contribution in [0.1, 0.15) is 16.2 Å². The molecule has 0 aliphatic heterocycles. The molecule has 0 radical (unpaired) electrons. The molecule has 174 valence electrons. The largest absolute Gasteiger partial charge is 0.496 e. The minimum Gasteiger partial charge on any atom is -0.496 e. The van der Waals surface area contributed by atoms with Crippen molar-refractivity contribution in [3.05, 3.63) is 80.6 Å². The average Bonchev–Trinajstić information content (AvgIpc) is 3.14. The topological polar surface area (TPSA) is 112 Å². The third-order valence-corrected chi connectivity index (χ3v) is 5.43. The SMILES string of the molecule is COc1cc(NC(=O)c2nn3c(C(F)(F)F)cc(-c4ccccc4)nc3c2Br)cc([N+](=O)[O-])c1. The lowest BCUT2D eigenvalue weighted by atomic mass is 10.1. The fourth-order valence-corrected chi connectivity index (χ4v) is 3.68. The van der Waals surface area contributed by atoms with Crippen molar-refractivity contribution in [2.45, 2.75) is 6.18 Å². The van der Waals surface area contributed by atoms with Crippen molar-refractivity contribution in [3.8, 4) is 17.0 Å². The van der Waals surface area contributed by atoms with Gasteiger partial charge >= 0.3 is 6.18 Å². The van der Waals surface area contributed by atoms with Gasteiger partial charge in [0.15, 0.2) is 17.0 Å². The average molecular weight is 536 g/mol. The summed E-state index contributed by atoms with van der Waals surface area (Å²) in [6.07, 6.45) is -4.79. The van der Waals surface area contributed by atoms with Crippen molar-refractivity contribution in [3.63, 3.8) is 0 Å². The molecule has 0 saturated carbocycles. The lowest BCUT2D eigenvalue weighted by Crippen LogP contribution is -2.16. The summed E-state index contributed by atoms with van der Waals surface area (Å²) < 4.78 is 46.9. The first-order valence-corrected chi connectivity index (χ1v) is 10.2. The van der Waals surface area contributed by atoms with Gasteiger partial charge in [0.05, 0.1) is 34.0 Å². The van der Waals surface area contributed by atoms with Gasteiger partial charge in [-0.25, -0.2) is 9.50 Å². The summed E-state index contributed by atoms with van der Waals surface area (Å²) in [6, 6.07) is 12.6. The molecule has 4 aromatic rings. The zero-order valence-electron chi connectivity index (χ0n) is 17.1. The maximum atomic E-state index is 13.8. The maximum Gasteiger partial charge on any atom is 0.433 e. The van der Waals surface area contributed by atoms with Gasteiger partial charge in [0.1, 0.15) is 5.75 Å². The summed E-state index contributed by atoms with van der Waals surface area (Å²) in [6.45, 7) is 0. The molecule has 0 saturated heterocycles. The zero-order chi connectivity index (χ0) is 24.6. The number of nitro groups is 1. The minimum atomic E-state index is -4.79. The van der Waals surface area contributed by atoms with E-state index >= 15 is 0 Å². The van der Waals surface area contributed by atoms with Gasteiger partial charge in [0.25, 0.3) is 11.6 Å². The lowest BCUT2D eigenvalue weighted by molar-refractivity contribution is -0.384. The van der Waals surface area contributed by atoms with Crippen molar-refractivity contribution >= 4 is 38.9 Å². The number of nitrogens with one attached hydrogen (secondary N) is 1. The van der Waals surface area contributed by atoms with Gasteiger partial charge in [-0.2, -0.15) is 18.3 Å².